The molecule has 0 radical (unpaired) electrons. The van der Waals surface area contributed by atoms with Crippen molar-refractivity contribution in [2.45, 2.75) is 11.8 Å². The summed E-state index contributed by atoms with van der Waals surface area (Å²) in [4.78, 5) is -0.0936. The number of primary sulfonamides is 1. The van der Waals surface area contributed by atoms with Gasteiger partial charge in [-0.3, -0.25) is 0 Å². The van der Waals surface area contributed by atoms with Crippen LogP contribution in [-0.2, 0) is 10.0 Å². The Balaban J connectivity index is 2.86. The van der Waals surface area contributed by atoms with Gasteiger partial charge in [-0.2, -0.15) is 0 Å². The Morgan fingerprint density at radius 3 is 2.47 bits per heavy atom. The molecule has 0 atom stereocenters. The molecule has 2 aromatic carbocycles. The fourth-order valence-corrected chi connectivity index (χ4v) is 3.12. The predicted octanol–water partition coefficient (Wildman–Crippen LogP) is 3.21. The lowest BCUT2D eigenvalue weighted by Crippen LogP contribution is -2.13. The van der Waals surface area contributed by atoms with Gasteiger partial charge in [0, 0.05) is 15.6 Å². The van der Waals surface area contributed by atoms with Gasteiger partial charge in [0.25, 0.3) is 0 Å². The third-order valence-electron chi connectivity index (χ3n) is 2.67. The van der Waals surface area contributed by atoms with Gasteiger partial charge in [-0.05, 0) is 31.2 Å². The summed E-state index contributed by atoms with van der Waals surface area (Å²) in [7, 11) is -3.92. The van der Waals surface area contributed by atoms with E-state index in [4.69, 9.17) is 5.14 Å². The summed E-state index contributed by atoms with van der Waals surface area (Å²) in [5, 5.41) is 5.18. The zero-order chi connectivity index (χ0) is 14.2. The number of rotatable bonds is 2. The molecule has 2 aromatic rings. The molecule has 0 saturated carbocycles. The van der Waals surface area contributed by atoms with Crippen molar-refractivity contribution in [3.05, 3.63) is 52.3 Å². The Hall–Kier alpha value is -1.24. The number of sulfonamides is 1. The van der Waals surface area contributed by atoms with Crippen LogP contribution < -0.4 is 5.14 Å². The molecule has 0 aliphatic heterocycles. The maximum absolute atomic E-state index is 14.0. The molecule has 0 aliphatic carbocycles. The summed E-state index contributed by atoms with van der Waals surface area (Å²) >= 11 is 3.23. The molecule has 0 heterocycles. The van der Waals surface area contributed by atoms with Crippen molar-refractivity contribution in [2.75, 3.05) is 0 Å². The van der Waals surface area contributed by atoms with Crippen molar-refractivity contribution in [1.82, 2.24) is 0 Å². The van der Waals surface area contributed by atoms with Gasteiger partial charge in [-0.1, -0.05) is 33.6 Å². The smallest absolute Gasteiger partial charge is 0.225 e. The second-order valence-electron chi connectivity index (χ2n) is 4.14. The molecule has 0 unspecified atom stereocenters. The Morgan fingerprint density at radius 1 is 1.21 bits per heavy atom. The van der Waals surface area contributed by atoms with Gasteiger partial charge >= 0.3 is 0 Å². The average Bonchev–Trinajstić information content (AvgIpc) is 2.27. The van der Waals surface area contributed by atoms with Crippen LogP contribution in [-0.4, -0.2) is 8.42 Å². The van der Waals surface area contributed by atoms with Crippen LogP contribution in [0.2, 0.25) is 0 Å². The third-order valence-corrected chi connectivity index (χ3v) is 4.30. The molecule has 0 fully saturated rings. The normalized spacial score (nSPS) is 11.6. The SMILES string of the molecule is Cc1ccc(S(N)(=O)=O)c(-c2c(F)cccc2Br)c1. The maximum Gasteiger partial charge on any atom is 0.238 e. The first kappa shape index (κ1) is 14.2. The Labute approximate surface area is 119 Å². The molecule has 2 N–H and O–H groups in total. The summed E-state index contributed by atoms with van der Waals surface area (Å²) in [6, 6.07) is 9.07. The lowest BCUT2D eigenvalue weighted by molar-refractivity contribution is 0.598. The van der Waals surface area contributed by atoms with Crippen molar-refractivity contribution in [1.29, 1.82) is 0 Å². The standard InChI is InChI=1S/C13H11BrFNO2S/c1-8-5-6-12(19(16,17)18)9(7-8)13-10(14)3-2-4-11(13)15/h2-7H,1H3,(H2,16,17,18). The second kappa shape index (κ2) is 5.03. The van der Waals surface area contributed by atoms with Crippen molar-refractivity contribution in [2.24, 2.45) is 5.14 Å². The Morgan fingerprint density at radius 2 is 1.89 bits per heavy atom. The fraction of sp³-hybridized carbons (Fsp3) is 0.0769. The number of halogens is 2. The minimum atomic E-state index is -3.92. The highest BCUT2D eigenvalue weighted by molar-refractivity contribution is 9.10. The van der Waals surface area contributed by atoms with E-state index in [1.165, 1.54) is 18.2 Å². The van der Waals surface area contributed by atoms with Gasteiger partial charge in [-0.15, -0.1) is 0 Å². The third kappa shape index (κ3) is 2.86. The van der Waals surface area contributed by atoms with E-state index in [1.807, 2.05) is 0 Å². The van der Waals surface area contributed by atoms with Crippen LogP contribution in [0.5, 0.6) is 0 Å². The van der Waals surface area contributed by atoms with E-state index in [0.717, 1.165) is 5.56 Å². The second-order valence-corrected chi connectivity index (χ2v) is 6.53. The zero-order valence-electron chi connectivity index (χ0n) is 10.0. The summed E-state index contributed by atoms with van der Waals surface area (Å²) in [6.45, 7) is 1.80. The van der Waals surface area contributed by atoms with Crippen LogP contribution in [0, 0.1) is 12.7 Å². The van der Waals surface area contributed by atoms with Crippen molar-refractivity contribution in [3.8, 4) is 11.1 Å². The molecule has 0 saturated heterocycles. The number of hydrogen-bond donors (Lipinski definition) is 1. The lowest BCUT2D eigenvalue weighted by atomic mass is 10.0. The summed E-state index contributed by atoms with van der Waals surface area (Å²) in [5.41, 5.74) is 1.26. The van der Waals surface area contributed by atoms with Crippen LogP contribution >= 0.6 is 15.9 Å². The van der Waals surface area contributed by atoms with Crippen molar-refractivity contribution >= 4 is 26.0 Å². The Kier molecular flexibility index (Phi) is 3.75. The first-order chi connectivity index (χ1) is 8.80. The highest BCUT2D eigenvalue weighted by Gasteiger charge is 2.19. The molecule has 0 spiro atoms. The van der Waals surface area contributed by atoms with Crippen LogP contribution in [0.4, 0.5) is 4.39 Å². The molecule has 6 heteroatoms. The van der Waals surface area contributed by atoms with Crippen LogP contribution in [0.15, 0.2) is 45.8 Å². The lowest BCUT2D eigenvalue weighted by Gasteiger charge is -2.11. The largest absolute Gasteiger partial charge is 0.238 e. The van der Waals surface area contributed by atoms with Gasteiger partial charge in [0.2, 0.25) is 10.0 Å². The van der Waals surface area contributed by atoms with Gasteiger partial charge < -0.3 is 0 Å². The topological polar surface area (TPSA) is 60.2 Å². The molecule has 0 amide bonds. The monoisotopic (exact) mass is 343 g/mol. The average molecular weight is 344 g/mol. The van der Waals surface area contributed by atoms with Crippen molar-refractivity contribution in [3.63, 3.8) is 0 Å². The first-order valence-electron chi connectivity index (χ1n) is 5.38. The Bertz CT molecular complexity index is 724. The van der Waals surface area contributed by atoms with Crippen LogP contribution in [0.1, 0.15) is 5.56 Å². The van der Waals surface area contributed by atoms with Gasteiger partial charge in [0.15, 0.2) is 0 Å². The molecule has 3 nitrogen and oxygen atoms in total. The van der Waals surface area contributed by atoms with E-state index >= 15 is 0 Å². The molecule has 100 valence electrons. The van der Waals surface area contributed by atoms with Crippen LogP contribution in [0.25, 0.3) is 11.1 Å². The molecule has 19 heavy (non-hydrogen) atoms. The van der Waals surface area contributed by atoms with E-state index in [2.05, 4.69) is 15.9 Å². The van der Waals surface area contributed by atoms with Gasteiger partial charge in [0.05, 0.1) is 4.90 Å². The molecule has 0 aromatic heterocycles. The predicted molar refractivity (Wildman–Crippen MR) is 75.6 cm³/mol. The van der Waals surface area contributed by atoms with Crippen LogP contribution in [0.3, 0.4) is 0 Å². The summed E-state index contributed by atoms with van der Waals surface area (Å²) < 4.78 is 37.6. The maximum atomic E-state index is 14.0. The number of aryl methyl sites for hydroxylation is 1. The molecule has 0 aliphatic rings. The highest BCUT2D eigenvalue weighted by atomic mass is 79.9. The number of benzene rings is 2. The zero-order valence-corrected chi connectivity index (χ0v) is 12.4. The quantitative estimate of drug-likeness (QED) is 0.909. The fourth-order valence-electron chi connectivity index (χ4n) is 1.84. The van der Waals surface area contributed by atoms with E-state index in [0.29, 0.717) is 4.47 Å². The summed E-state index contributed by atoms with van der Waals surface area (Å²) in [6.07, 6.45) is 0. The van der Waals surface area contributed by atoms with E-state index in [9.17, 15) is 12.8 Å². The highest BCUT2D eigenvalue weighted by Crippen LogP contribution is 2.35. The van der Waals surface area contributed by atoms with E-state index in [-0.39, 0.29) is 16.0 Å². The molecule has 0 bridgehead atoms. The van der Waals surface area contributed by atoms with E-state index < -0.39 is 15.8 Å². The van der Waals surface area contributed by atoms with Crippen molar-refractivity contribution < 1.29 is 12.8 Å². The van der Waals surface area contributed by atoms with Gasteiger partial charge in [0.1, 0.15) is 5.82 Å². The minimum Gasteiger partial charge on any atom is -0.225 e. The molecular weight excluding hydrogens is 333 g/mol. The summed E-state index contributed by atoms with van der Waals surface area (Å²) in [5.74, 6) is -0.509. The molecular formula is C13H11BrFNO2S. The molecule has 2 rings (SSSR count). The van der Waals surface area contributed by atoms with Gasteiger partial charge in [-0.25, -0.2) is 17.9 Å². The number of nitrogens with two attached hydrogens (primary N) is 1. The first-order valence-corrected chi connectivity index (χ1v) is 7.72. The minimum absolute atomic E-state index is 0.0936. The van der Waals surface area contributed by atoms with E-state index in [1.54, 1.807) is 25.1 Å². The number of hydrogen-bond acceptors (Lipinski definition) is 2.